The molecule has 7 nitrogen and oxygen atoms in total. The lowest BCUT2D eigenvalue weighted by molar-refractivity contribution is -0.132. The van der Waals surface area contributed by atoms with Gasteiger partial charge in [0.2, 0.25) is 0 Å². The maximum Gasteiger partial charge on any atom is 0.259 e. The fourth-order valence-corrected chi connectivity index (χ4v) is 3.37. The van der Waals surface area contributed by atoms with Gasteiger partial charge in [-0.15, -0.1) is 0 Å². The summed E-state index contributed by atoms with van der Waals surface area (Å²) in [7, 11) is 0. The van der Waals surface area contributed by atoms with E-state index in [-0.39, 0.29) is 43.4 Å². The summed E-state index contributed by atoms with van der Waals surface area (Å²) in [5.41, 5.74) is 0.365. The van der Waals surface area contributed by atoms with Crippen LogP contribution < -0.4 is 5.56 Å². The first-order chi connectivity index (χ1) is 13.1. The number of aromatic nitrogens is 1. The number of aliphatic hydroxyl groups excluding tert-OH is 1. The van der Waals surface area contributed by atoms with E-state index in [0.717, 1.165) is 5.39 Å². The highest BCUT2D eigenvalue weighted by Gasteiger charge is 2.30. The number of rotatable bonds is 8. The molecule has 144 valence electrons. The first-order valence-corrected chi connectivity index (χ1v) is 9.05. The van der Waals surface area contributed by atoms with E-state index in [1.165, 1.54) is 4.57 Å². The molecular formula is C20H23NO6. The molecule has 0 spiro atoms. The number of pyridine rings is 1. The molecule has 1 aliphatic carbocycles. The van der Waals surface area contributed by atoms with Crippen LogP contribution in [-0.2, 0) is 25.7 Å². The van der Waals surface area contributed by atoms with Crippen LogP contribution in [-0.4, -0.2) is 47.7 Å². The van der Waals surface area contributed by atoms with Crippen LogP contribution >= 0.6 is 0 Å². The van der Waals surface area contributed by atoms with Crippen molar-refractivity contribution >= 4 is 22.3 Å². The predicted octanol–water partition coefficient (Wildman–Crippen LogP) is 1.39. The SMILES string of the molecule is O=C1CCC(n2c(COCCOCCO)cc3ccccc3c2=O)C(=O)C1. The lowest BCUT2D eigenvalue weighted by Gasteiger charge is -2.25. The normalized spacial score (nSPS) is 17.6. The molecule has 0 amide bonds. The number of hydrogen-bond donors (Lipinski definition) is 1. The number of aliphatic hydroxyl groups is 1. The first kappa shape index (κ1) is 19.4. The molecule has 1 aromatic carbocycles. The van der Waals surface area contributed by atoms with Gasteiger partial charge in [0.1, 0.15) is 5.78 Å². The molecule has 2 aromatic rings. The topological polar surface area (TPSA) is 94.8 Å². The average molecular weight is 373 g/mol. The molecular weight excluding hydrogens is 350 g/mol. The molecule has 27 heavy (non-hydrogen) atoms. The molecule has 0 radical (unpaired) electrons. The van der Waals surface area contributed by atoms with E-state index in [2.05, 4.69) is 0 Å². The van der Waals surface area contributed by atoms with Gasteiger partial charge >= 0.3 is 0 Å². The van der Waals surface area contributed by atoms with Gasteiger partial charge in [0.25, 0.3) is 5.56 Å². The van der Waals surface area contributed by atoms with Crippen molar-refractivity contribution < 1.29 is 24.2 Å². The lowest BCUT2D eigenvalue weighted by Crippen LogP contribution is -2.36. The Morgan fingerprint density at radius 3 is 2.63 bits per heavy atom. The number of ether oxygens (including phenoxy) is 2. The Bertz CT molecular complexity index is 888. The number of carbonyl (C=O) groups excluding carboxylic acids is 2. The number of nitrogens with zero attached hydrogens (tertiary/aromatic N) is 1. The van der Waals surface area contributed by atoms with E-state index >= 15 is 0 Å². The molecule has 1 aliphatic rings. The van der Waals surface area contributed by atoms with Crippen LogP contribution in [0.4, 0.5) is 0 Å². The van der Waals surface area contributed by atoms with Gasteiger partial charge in [-0.3, -0.25) is 19.0 Å². The molecule has 0 bridgehead atoms. The van der Waals surface area contributed by atoms with Gasteiger partial charge in [-0.2, -0.15) is 0 Å². The third-order valence-electron chi connectivity index (χ3n) is 4.65. The molecule has 1 fully saturated rings. The van der Waals surface area contributed by atoms with Crippen LogP contribution in [0.15, 0.2) is 35.1 Å². The van der Waals surface area contributed by atoms with Crippen molar-refractivity contribution in [1.82, 2.24) is 4.57 Å². The maximum absolute atomic E-state index is 13.1. The standard InChI is InChI=1S/C20H23NO6/c22-7-8-26-9-10-27-13-15-11-14-3-1-2-4-17(14)20(25)21(15)18-6-5-16(23)12-19(18)24/h1-4,11,18,22H,5-10,12-13H2. The number of ketones is 2. The summed E-state index contributed by atoms with van der Waals surface area (Å²) in [6, 6.07) is 8.44. The second-order valence-electron chi connectivity index (χ2n) is 6.52. The van der Waals surface area contributed by atoms with Crippen molar-refractivity contribution in [3.63, 3.8) is 0 Å². The minimum atomic E-state index is -0.635. The highest BCUT2D eigenvalue weighted by atomic mass is 16.5. The quantitative estimate of drug-likeness (QED) is 0.555. The third-order valence-corrected chi connectivity index (χ3v) is 4.65. The largest absolute Gasteiger partial charge is 0.394 e. The fourth-order valence-electron chi connectivity index (χ4n) is 3.37. The molecule has 1 saturated carbocycles. The molecule has 1 N–H and O–H groups in total. The molecule has 3 rings (SSSR count). The van der Waals surface area contributed by atoms with Crippen LogP contribution in [0.25, 0.3) is 10.8 Å². The molecule has 1 atom stereocenters. The Labute approximate surface area is 156 Å². The minimum Gasteiger partial charge on any atom is -0.394 e. The monoisotopic (exact) mass is 373 g/mol. The van der Waals surface area contributed by atoms with Gasteiger partial charge in [0.15, 0.2) is 5.78 Å². The van der Waals surface area contributed by atoms with E-state index in [1.54, 1.807) is 12.1 Å². The number of benzene rings is 1. The van der Waals surface area contributed by atoms with E-state index in [4.69, 9.17) is 14.6 Å². The van der Waals surface area contributed by atoms with Crippen molar-refractivity contribution in [3.05, 3.63) is 46.4 Å². The second kappa shape index (κ2) is 9.03. The van der Waals surface area contributed by atoms with E-state index in [9.17, 15) is 14.4 Å². The lowest BCUT2D eigenvalue weighted by atomic mass is 9.92. The van der Waals surface area contributed by atoms with Gasteiger partial charge in [-0.1, -0.05) is 18.2 Å². The van der Waals surface area contributed by atoms with E-state index < -0.39 is 6.04 Å². The molecule has 1 aromatic heterocycles. The Morgan fingerprint density at radius 1 is 1.07 bits per heavy atom. The van der Waals surface area contributed by atoms with Crippen molar-refractivity contribution in [2.75, 3.05) is 26.4 Å². The van der Waals surface area contributed by atoms with Gasteiger partial charge in [0, 0.05) is 17.5 Å². The van der Waals surface area contributed by atoms with Gasteiger partial charge in [-0.05, 0) is 23.9 Å². The van der Waals surface area contributed by atoms with Gasteiger partial charge in [0.05, 0.1) is 45.5 Å². The zero-order chi connectivity index (χ0) is 19.2. The second-order valence-corrected chi connectivity index (χ2v) is 6.52. The summed E-state index contributed by atoms with van der Waals surface area (Å²) in [5, 5.41) is 10.0. The number of carbonyl (C=O) groups is 2. The Kier molecular flexibility index (Phi) is 6.49. The Hall–Kier alpha value is -2.35. The Morgan fingerprint density at radius 2 is 1.85 bits per heavy atom. The third kappa shape index (κ3) is 4.50. The van der Waals surface area contributed by atoms with Crippen LogP contribution in [0.2, 0.25) is 0 Å². The van der Waals surface area contributed by atoms with Crippen molar-refractivity contribution in [1.29, 1.82) is 0 Å². The fraction of sp³-hybridized carbons (Fsp3) is 0.450. The summed E-state index contributed by atoms with van der Waals surface area (Å²) < 4.78 is 12.3. The number of hydrogen-bond acceptors (Lipinski definition) is 6. The summed E-state index contributed by atoms with van der Waals surface area (Å²) in [4.78, 5) is 37.1. The summed E-state index contributed by atoms with van der Waals surface area (Å²) in [6.45, 7) is 0.981. The van der Waals surface area contributed by atoms with Crippen molar-refractivity contribution in [3.8, 4) is 0 Å². The maximum atomic E-state index is 13.1. The van der Waals surface area contributed by atoms with Gasteiger partial charge < -0.3 is 14.6 Å². The van der Waals surface area contributed by atoms with Crippen molar-refractivity contribution in [2.24, 2.45) is 0 Å². The highest BCUT2D eigenvalue weighted by molar-refractivity contribution is 6.03. The zero-order valence-corrected chi connectivity index (χ0v) is 15.1. The summed E-state index contributed by atoms with van der Waals surface area (Å²) >= 11 is 0. The van der Waals surface area contributed by atoms with Crippen LogP contribution in [0.3, 0.4) is 0 Å². The van der Waals surface area contributed by atoms with Crippen LogP contribution in [0.5, 0.6) is 0 Å². The zero-order valence-electron chi connectivity index (χ0n) is 15.1. The van der Waals surface area contributed by atoms with Crippen LogP contribution in [0, 0.1) is 0 Å². The first-order valence-electron chi connectivity index (χ1n) is 9.05. The smallest absolute Gasteiger partial charge is 0.259 e. The van der Waals surface area contributed by atoms with E-state index in [0.29, 0.717) is 37.1 Å². The Balaban J connectivity index is 1.89. The van der Waals surface area contributed by atoms with Gasteiger partial charge in [-0.25, -0.2) is 0 Å². The predicted molar refractivity (Wildman–Crippen MR) is 98.7 cm³/mol. The highest BCUT2D eigenvalue weighted by Crippen LogP contribution is 2.25. The average Bonchev–Trinajstić information content (AvgIpc) is 2.66. The molecule has 0 saturated heterocycles. The minimum absolute atomic E-state index is 0.0489. The molecule has 0 aliphatic heterocycles. The summed E-state index contributed by atoms with van der Waals surface area (Å²) in [6.07, 6.45) is 0.507. The van der Waals surface area contributed by atoms with E-state index in [1.807, 2.05) is 18.2 Å². The van der Waals surface area contributed by atoms with Crippen LogP contribution in [0.1, 0.15) is 31.0 Å². The summed E-state index contributed by atoms with van der Waals surface area (Å²) in [5.74, 6) is -0.305. The molecule has 1 unspecified atom stereocenters. The number of fused-ring (bicyclic) bond motifs is 1. The molecule has 7 heteroatoms. The number of Topliss-reactive ketones (excluding diaryl/α,β-unsaturated/α-hetero) is 2. The van der Waals surface area contributed by atoms with Crippen molar-refractivity contribution in [2.45, 2.75) is 31.9 Å². The molecule has 1 heterocycles.